The van der Waals surface area contributed by atoms with E-state index in [9.17, 15) is 35.4 Å². The number of carbonyl (C=O) groups excluding carboxylic acids is 1. The van der Waals surface area contributed by atoms with Crippen LogP contribution in [0.1, 0.15) is 86.0 Å². The van der Waals surface area contributed by atoms with Crippen LogP contribution in [-0.2, 0) is 4.79 Å². The SMILES string of the molecule is CC(C)(O)CCC(O)[C@](C)(O)[C@@H]1CC[C@@]2(O)C3=CC(=O)[C@@H]4CC(O)C(O)C[C@]4(C)[C@@H]3CC[C@]12C. The van der Waals surface area contributed by atoms with Crippen molar-refractivity contribution in [1.82, 2.24) is 0 Å². The standard InChI is InChI=1S/C27H44O7/c1-23(2,32)9-8-22(31)26(5,33)21-7-11-27(34)16-12-18(28)17-13-19(29)20(30)14-24(17,3)15(16)6-10-25(21,27)4/h12,15,17,19-22,29-34H,6-11,13-14H2,1-5H3/t15-,17+,19?,20?,21-,22?,24-,25-,26-,27-/m1/s1. The summed E-state index contributed by atoms with van der Waals surface area (Å²) in [5.74, 6) is -0.948. The summed E-state index contributed by atoms with van der Waals surface area (Å²) >= 11 is 0. The fourth-order valence-corrected chi connectivity index (χ4v) is 8.32. The van der Waals surface area contributed by atoms with Crippen molar-refractivity contribution < 1.29 is 35.4 Å². The Morgan fingerprint density at radius 1 is 1.06 bits per heavy atom. The molecule has 0 spiro atoms. The molecular weight excluding hydrogens is 436 g/mol. The van der Waals surface area contributed by atoms with E-state index in [2.05, 4.69) is 0 Å². The first kappa shape index (κ1) is 26.2. The average molecular weight is 481 g/mol. The van der Waals surface area contributed by atoms with Crippen molar-refractivity contribution >= 4 is 5.78 Å². The minimum atomic E-state index is -1.46. The Balaban J connectivity index is 1.66. The molecule has 7 heteroatoms. The molecule has 34 heavy (non-hydrogen) atoms. The Kier molecular flexibility index (Phi) is 6.24. The molecule has 4 rings (SSSR count). The van der Waals surface area contributed by atoms with Crippen LogP contribution in [0.15, 0.2) is 11.6 Å². The molecule has 4 aliphatic carbocycles. The third-order valence-corrected chi connectivity index (χ3v) is 10.5. The van der Waals surface area contributed by atoms with Gasteiger partial charge in [-0.05, 0) is 101 Å². The second kappa shape index (κ2) is 8.09. The zero-order valence-corrected chi connectivity index (χ0v) is 21.3. The molecule has 3 fully saturated rings. The number of hydrogen-bond acceptors (Lipinski definition) is 7. The van der Waals surface area contributed by atoms with Crippen molar-refractivity contribution in [2.45, 2.75) is 121 Å². The molecule has 0 aromatic heterocycles. The predicted molar refractivity (Wildman–Crippen MR) is 127 cm³/mol. The molecule has 0 bridgehead atoms. The van der Waals surface area contributed by atoms with Crippen molar-refractivity contribution in [1.29, 1.82) is 0 Å². The smallest absolute Gasteiger partial charge is 0.159 e. The minimum Gasteiger partial charge on any atom is -0.390 e. The van der Waals surface area contributed by atoms with Crippen LogP contribution in [0.5, 0.6) is 0 Å². The topological polar surface area (TPSA) is 138 Å². The molecule has 10 atom stereocenters. The highest BCUT2D eigenvalue weighted by atomic mass is 16.3. The van der Waals surface area contributed by atoms with E-state index in [0.717, 1.165) is 0 Å². The molecule has 0 aromatic carbocycles. The number of carbonyl (C=O) groups is 1. The number of ketones is 1. The molecule has 0 amide bonds. The Morgan fingerprint density at radius 2 is 1.71 bits per heavy atom. The van der Waals surface area contributed by atoms with E-state index in [1.54, 1.807) is 26.8 Å². The van der Waals surface area contributed by atoms with Crippen molar-refractivity contribution in [2.75, 3.05) is 0 Å². The summed E-state index contributed by atoms with van der Waals surface area (Å²) in [6, 6.07) is 0. The zero-order chi connectivity index (χ0) is 25.5. The van der Waals surface area contributed by atoms with Gasteiger partial charge in [0.2, 0.25) is 0 Å². The summed E-state index contributed by atoms with van der Waals surface area (Å²) < 4.78 is 0. The van der Waals surface area contributed by atoms with Gasteiger partial charge in [-0.2, -0.15) is 0 Å². The van der Waals surface area contributed by atoms with E-state index in [1.807, 2.05) is 13.8 Å². The van der Waals surface area contributed by atoms with Gasteiger partial charge in [0.05, 0.1) is 35.1 Å². The maximum atomic E-state index is 13.2. The Hall–Kier alpha value is -0.830. The van der Waals surface area contributed by atoms with Crippen molar-refractivity contribution in [2.24, 2.45) is 28.6 Å². The van der Waals surface area contributed by atoms with E-state index < -0.39 is 45.9 Å². The minimum absolute atomic E-state index is 0.0840. The van der Waals surface area contributed by atoms with E-state index in [1.165, 1.54) is 0 Å². The van der Waals surface area contributed by atoms with Gasteiger partial charge in [0, 0.05) is 11.3 Å². The molecule has 3 unspecified atom stereocenters. The van der Waals surface area contributed by atoms with Crippen LogP contribution in [0.4, 0.5) is 0 Å². The van der Waals surface area contributed by atoms with Crippen LogP contribution >= 0.6 is 0 Å². The first-order valence-electron chi connectivity index (χ1n) is 12.9. The number of rotatable bonds is 5. The van der Waals surface area contributed by atoms with Crippen LogP contribution in [0.2, 0.25) is 0 Å². The molecule has 0 radical (unpaired) electrons. The first-order chi connectivity index (χ1) is 15.5. The highest BCUT2D eigenvalue weighted by molar-refractivity contribution is 5.95. The summed E-state index contributed by atoms with van der Waals surface area (Å²) in [6.45, 7) is 8.96. The third-order valence-electron chi connectivity index (χ3n) is 10.5. The lowest BCUT2D eigenvalue weighted by molar-refractivity contribution is -0.177. The number of aliphatic hydroxyl groups excluding tert-OH is 3. The molecule has 4 aliphatic rings. The van der Waals surface area contributed by atoms with Crippen molar-refractivity contribution in [3.8, 4) is 0 Å². The molecule has 0 aliphatic heterocycles. The molecule has 0 aromatic rings. The van der Waals surface area contributed by atoms with Crippen molar-refractivity contribution in [3.05, 3.63) is 11.6 Å². The first-order valence-corrected chi connectivity index (χ1v) is 12.9. The van der Waals surface area contributed by atoms with Crippen LogP contribution in [0.3, 0.4) is 0 Å². The number of allylic oxidation sites excluding steroid dienone is 1. The van der Waals surface area contributed by atoms with E-state index in [-0.39, 0.29) is 36.4 Å². The Morgan fingerprint density at radius 3 is 2.32 bits per heavy atom. The molecular formula is C27H44O7. The largest absolute Gasteiger partial charge is 0.390 e. The van der Waals surface area contributed by atoms with Gasteiger partial charge in [-0.1, -0.05) is 13.8 Å². The quantitative estimate of drug-likeness (QED) is 0.353. The second-order valence-electron chi connectivity index (χ2n) is 13.2. The maximum Gasteiger partial charge on any atom is 0.159 e. The molecule has 3 saturated carbocycles. The van der Waals surface area contributed by atoms with Gasteiger partial charge in [-0.15, -0.1) is 0 Å². The van der Waals surface area contributed by atoms with Gasteiger partial charge >= 0.3 is 0 Å². The summed E-state index contributed by atoms with van der Waals surface area (Å²) in [7, 11) is 0. The van der Waals surface area contributed by atoms with Gasteiger partial charge in [-0.3, -0.25) is 4.79 Å². The number of aliphatic hydroxyl groups is 6. The normalized spacial score (nSPS) is 47.2. The molecule has 6 N–H and O–H groups in total. The van der Waals surface area contributed by atoms with Crippen LogP contribution in [0, 0.1) is 28.6 Å². The van der Waals surface area contributed by atoms with E-state index in [0.29, 0.717) is 44.1 Å². The predicted octanol–water partition coefficient (Wildman–Crippen LogP) is 1.85. The van der Waals surface area contributed by atoms with Crippen LogP contribution < -0.4 is 0 Å². The van der Waals surface area contributed by atoms with Gasteiger partial charge in [0.15, 0.2) is 5.78 Å². The van der Waals surface area contributed by atoms with Gasteiger partial charge in [-0.25, -0.2) is 0 Å². The highest BCUT2D eigenvalue weighted by Gasteiger charge is 2.69. The summed E-state index contributed by atoms with van der Waals surface area (Å²) in [4.78, 5) is 13.2. The summed E-state index contributed by atoms with van der Waals surface area (Å²) in [6.07, 6.45) is 2.11. The third kappa shape index (κ3) is 3.73. The molecule has 194 valence electrons. The van der Waals surface area contributed by atoms with Crippen LogP contribution in [0.25, 0.3) is 0 Å². The molecule has 0 heterocycles. The fraction of sp³-hybridized carbons (Fsp3) is 0.889. The summed E-state index contributed by atoms with van der Waals surface area (Å²) in [5, 5.41) is 65.5. The lowest BCUT2D eigenvalue weighted by Crippen LogP contribution is -2.62. The lowest BCUT2D eigenvalue weighted by atomic mass is 9.45. The number of hydrogen-bond donors (Lipinski definition) is 6. The summed E-state index contributed by atoms with van der Waals surface area (Å²) in [5.41, 5.74) is -4.27. The van der Waals surface area contributed by atoms with E-state index >= 15 is 0 Å². The zero-order valence-electron chi connectivity index (χ0n) is 21.3. The van der Waals surface area contributed by atoms with Crippen molar-refractivity contribution in [3.63, 3.8) is 0 Å². The second-order valence-corrected chi connectivity index (χ2v) is 13.2. The van der Waals surface area contributed by atoms with Gasteiger partial charge in [0.25, 0.3) is 0 Å². The monoisotopic (exact) mass is 480 g/mol. The Bertz CT molecular complexity index is 860. The molecule has 7 nitrogen and oxygen atoms in total. The fourth-order valence-electron chi connectivity index (χ4n) is 8.32. The average Bonchev–Trinajstić information content (AvgIpc) is 3.00. The van der Waals surface area contributed by atoms with Gasteiger partial charge < -0.3 is 30.6 Å². The number of fused-ring (bicyclic) bond motifs is 5. The van der Waals surface area contributed by atoms with Crippen LogP contribution in [-0.4, -0.2) is 71.5 Å². The van der Waals surface area contributed by atoms with E-state index in [4.69, 9.17) is 0 Å². The maximum absolute atomic E-state index is 13.2. The highest BCUT2D eigenvalue weighted by Crippen LogP contribution is 2.68. The molecule has 0 saturated heterocycles. The van der Waals surface area contributed by atoms with Gasteiger partial charge in [0.1, 0.15) is 0 Å². The lowest BCUT2D eigenvalue weighted by Gasteiger charge is -2.60. The Labute approximate surface area is 202 Å².